The number of hydrogen-bond donors (Lipinski definition) is 0. The molecule has 1 saturated carbocycles. The molecule has 2 saturated heterocycles. The molecule has 4 heterocycles. The van der Waals surface area contributed by atoms with Crippen LogP contribution >= 0.6 is 0 Å². The van der Waals surface area contributed by atoms with E-state index in [4.69, 9.17) is 9.84 Å². The van der Waals surface area contributed by atoms with E-state index in [1.54, 1.807) is 4.31 Å². The maximum absolute atomic E-state index is 12.8. The second kappa shape index (κ2) is 6.77. The Labute approximate surface area is 158 Å². The highest BCUT2D eigenvalue weighted by molar-refractivity contribution is 7.86. The largest absolute Gasteiger partial charge is 0.379 e. The van der Waals surface area contributed by atoms with E-state index in [1.165, 1.54) is 17.1 Å². The Morgan fingerprint density at radius 3 is 2.30 bits per heavy atom. The van der Waals surface area contributed by atoms with E-state index in [1.807, 2.05) is 16.6 Å². The number of ether oxygens (including phenoxy) is 1. The third-order valence-electron chi connectivity index (χ3n) is 5.74. The lowest BCUT2D eigenvalue weighted by Crippen LogP contribution is -2.50. The van der Waals surface area contributed by atoms with Crippen molar-refractivity contribution in [1.82, 2.24) is 28.4 Å². The van der Waals surface area contributed by atoms with Crippen LogP contribution in [0.4, 0.5) is 0 Å². The molecule has 0 bridgehead atoms. The van der Waals surface area contributed by atoms with Crippen LogP contribution in [0, 0.1) is 0 Å². The van der Waals surface area contributed by atoms with Crippen LogP contribution in [0.2, 0.25) is 0 Å². The molecule has 5 rings (SSSR count). The van der Waals surface area contributed by atoms with Crippen molar-refractivity contribution in [3.63, 3.8) is 0 Å². The molecule has 0 aromatic carbocycles. The fourth-order valence-corrected chi connectivity index (χ4v) is 5.57. The van der Waals surface area contributed by atoms with E-state index >= 15 is 0 Å². The molecule has 146 valence electrons. The predicted molar refractivity (Wildman–Crippen MR) is 97.6 cm³/mol. The highest BCUT2D eigenvalue weighted by Crippen LogP contribution is 2.39. The maximum atomic E-state index is 12.8. The summed E-state index contributed by atoms with van der Waals surface area (Å²) in [5.41, 5.74) is 1.87. The summed E-state index contributed by atoms with van der Waals surface area (Å²) < 4.78 is 35.9. The van der Waals surface area contributed by atoms with Gasteiger partial charge in [-0.1, -0.05) is 0 Å². The molecule has 0 amide bonds. The van der Waals surface area contributed by atoms with E-state index in [2.05, 4.69) is 10.2 Å². The van der Waals surface area contributed by atoms with Crippen molar-refractivity contribution in [2.24, 2.45) is 0 Å². The van der Waals surface area contributed by atoms with Crippen molar-refractivity contribution in [3.8, 4) is 0 Å². The molecule has 2 aliphatic heterocycles. The van der Waals surface area contributed by atoms with Crippen LogP contribution in [-0.2, 0) is 14.9 Å². The molecule has 1 aliphatic carbocycles. The number of piperidine rings is 1. The minimum absolute atomic E-state index is 0.179. The highest BCUT2D eigenvalue weighted by Gasteiger charge is 2.35. The van der Waals surface area contributed by atoms with Crippen molar-refractivity contribution in [3.05, 3.63) is 23.7 Å². The van der Waals surface area contributed by atoms with Crippen molar-refractivity contribution in [2.75, 3.05) is 39.4 Å². The molecule has 9 nitrogen and oxygen atoms in total. The first-order chi connectivity index (χ1) is 13.1. The Hall–Kier alpha value is -1.62. The van der Waals surface area contributed by atoms with Gasteiger partial charge in [0, 0.05) is 38.0 Å². The lowest BCUT2D eigenvalue weighted by molar-refractivity contribution is 0.0696. The minimum Gasteiger partial charge on any atom is -0.379 e. The summed E-state index contributed by atoms with van der Waals surface area (Å²) in [6, 6.07) is 4.03. The first-order valence-corrected chi connectivity index (χ1v) is 11.1. The number of morpholine rings is 1. The number of aromatic nitrogens is 4. The molecule has 0 unspecified atom stereocenters. The molecule has 27 heavy (non-hydrogen) atoms. The second-order valence-electron chi connectivity index (χ2n) is 7.55. The van der Waals surface area contributed by atoms with Gasteiger partial charge in [0.15, 0.2) is 11.5 Å². The van der Waals surface area contributed by atoms with E-state index in [-0.39, 0.29) is 5.92 Å². The molecule has 2 aromatic heterocycles. The molecular formula is C17H24N6O3S. The lowest BCUT2D eigenvalue weighted by Gasteiger charge is -2.35. The van der Waals surface area contributed by atoms with Gasteiger partial charge in [0.1, 0.15) is 0 Å². The minimum atomic E-state index is -3.40. The summed E-state index contributed by atoms with van der Waals surface area (Å²) in [5.74, 6) is 1.61. The van der Waals surface area contributed by atoms with Crippen LogP contribution < -0.4 is 0 Å². The van der Waals surface area contributed by atoms with Crippen LogP contribution in [0.5, 0.6) is 0 Å². The zero-order valence-electron chi connectivity index (χ0n) is 15.2. The van der Waals surface area contributed by atoms with Gasteiger partial charge in [0.25, 0.3) is 10.2 Å². The van der Waals surface area contributed by atoms with Gasteiger partial charge in [0.2, 0.25) is 0 Å². The van der Waals surface area contributed by atoms with Gasteiger partial charge in [-0.15, -0.1) is 10.2 Å². The van der Waals surface area contributed by atoms with Crippen molar-refractivity contribution < 1.29 is 13.2 Å². The molecule has 10 heteroatoms. The number of nitrogens with zero attached hydrogens (tertiary/aromatic N) is 6. The smallest absolute Gasteiger partial charge is 0.282 e. The maximum Gasteiger partial charge on any atom is 0.282 e. The quantitative estimate of drug-likeness (QED) is 0.763. The standard InChI is InChI=1S/C17H24N6O3S/c24-27(25,22-9-11-26-12-10-22)21-7-5-14(6-8-21)17-19-18-16-4-3-15(13-1-2-13)20-23(16)17/h3-4,13-14H,1-2,5-12H2. The number of fused-ring (bicyclic) bond motifs is 1. The first kappa shape index (κ1) is 17.5. The van der Waals surface area contributed by atoms with E-state index in [0.717, 1.165) is 30.0 Å². The third kappa shape index (κ3) is 3.24. The van der Waals surface area contributed by atoms with Crippen LogP contribution in [0.15, 0.2) is 12.1 Å². The van der Waals surface area contributed by atoms with Gasteiger partial charge in [-0.2, -0.15) is 26.6 Å². The Balaban J connectivity index is 1.32. The molecule has 0 radical (unpaired) electrons. The summed E-state index contributed by atoms with van der Waals surface area (Å²) in [7, 11) is -3.40. The van der Waals surface area contributed by atoms with Crippen LogP contribution in [-0.4, -0.2) is 76.2 Å². The van der Waals surface area contributed by atoms with Crippen LogP contribution in [0.3, 0.4) is 0 Å². The van der Waals surface area contributed by atoms with Gasteiger partial charge in [-0.3, -0.25) is 0 Å². The summed E-state index contributed by atoms with van der Waals surface area (Å²) in [6.07, 6.45) is 3.88. The first-order valence-electron chi connectivity index (χ1n) is 9.68. The highest BCUT2D eigenvalue weighted by atomic mass is 32.2. The van der Waals surface area contributed by atoms with E-state index in [0.29, 0.717) is 45.3 Å². The van der Waals surface area contributed by atoms with Crippen LogP contribution in [0.25, 0.3) is 5.65 Å². The molecule has 3 fully saturated rings. The van der Waals surface area contributed by atoms with Crippen molar-refractivity contribution in [2.45, 2.75) is 37.5 Å². The summed E-state index contributed by atoms with van der Waals surface area (Å²) in [4.78, 5) is 0. The summed E-state index contributed by atoms with van der Waals surface area (Å²) in [5, 5.41) is 13.4. The van der Waals surface area contributed by atoms with Gasteiger partial charge >= 0.3 is 0 Å². The average Bonchev–Trinajstić information content (AvgIpc) is 3.48. The Bertz CT molecular complexity index is 927. The van der Waals surface area contributed by atoms with Crippen molar-refractivity contribution >= 4 is 15.9 Å². The van der Waals surface area contributed by atoms with Crippen molar-refractivity contribution in [1.29, 1.82) is 0 Å². The van der Waals surface area contributed by atoms with E-state index in [9.17, 15) is 8.42 Å². The topological polar surface area (TPSA) is 92.9 Å². The lowest BCUT2D eigenvalue weighted by atomic mass is 9.97. The van der Waals surface area contributed by atoms with Gasteiger partial charge in [-0.25, -0.2) is 0 Å². The van der Waals surface area contributed by atoms with Gasteiger partial charge in [0.05, 0.1) is 18.9 Å². The van der Waals surface area contributed by atoms with Gasteiger partial charge in [-0.05, 0) is 37.8 Å². The zero-order chi connectivity index (χ0) is 18.4. The SMILES string of the molecule is O=S(=O)(N1CCOCC1)N1CCC(c2nnc3ccc(C4CC4)nn23)CC1. The Kier molecular flexibility index (Phi) is 4.38. The van der Waals surface area contributed by atoms with Crippen LogP contribution in [0.1, 0.15) is 49.0 Å². The molecule has 0 N–H and O–H groups in total. The molecular weight excluding hydrogens is 368 g/mol. The average molecular weight is 392 g/mol. The number of hydrogen-bond acceptors (Lipinski definition) is 6. The monoisotopic (exact) mass is 392 g/mol. The normalized spacial score (nSPS) is 23.9. The Morgan fingerprint density at radius 2 is 1.59 bits per heavy atom. The summed E-state index contributed by atoms with van der Waals surface area (Å²) >= 11 is 0. The van der Waals surface area contributed by atoms with E-state index < -0.39 is 10.2 Å². The second-order valence-corrected chi connectivity index (χ2v) is 9.48. The third-order valence-corrected chi connectivity index (χ3v) is 7.78. The molecule has 3 aliphatic rings. The fraction of sp³-hybridized carbons (Fsp3) is 0.706. The molecule has 2 aromatic rings. The number of rotatable bonds is 4. The summed E-state index contributed by atoms with van der Waals surface area (Å²) in [6.45, 7) is 2.81. The predicted octanol–water partition coefficient (Wildman–Crippen LogP) is 0.758. The van der Waals surface area contributed by atoms with Gasteiger partial charge < -0.3 is 4.74 Å². The molecule has 0 atom stereocenters. The fourth-order valence-electron chi connectivity index (χ4n) is 3.96. The Morgan fingerprint density at radius 1 is 0.889 bits per heavy atom. The zero-order valence-corrected chi connectivity index (χ0v) is 16.0. The molecule has 0 spiro atoms.